The van der Waals surface area contributed by atoms with Gasteiger partial charge in [0, 0.05) is 25.0 Å². The van der Waals surface area contributed by atoms with Crippen molar-refractivity contribution < 1.29 is 0 Å². The first-order chi connectivity index (χ1) is 9.26. The summed E-state index contributed by atoms with van der Waals surface area (Å²) in [7, 11) is 2.07. The Balaban J connectivity index is 1.85. The highest BCUT2D eigenvalue weighted by atomic mass is 15.0. The Kier molecular flexibility index (Phi) is 3.43. The van der Waals surface area contributed by atoms with Crippen LogP contribution in [0.3, 0.4) is 0 Å². The Bertz CT molecular complexity index is 568. The van der Waals surface area contributed by atoms with E-state index >= 15 is 0 Å². The van der Waals surface area contributed by atoms with Crippen LogP contribution in [0.25, 0.3) is 0 Å². The number of nitrogens with zero attached hydrogens (tertiary/aromatic N) is 1. The first-order valence-electron chi connectivity index (χ1n) is 7.17. The zero-order valence-corrected chi connectivity index (χ0v) is 11.8. The Morgan fingerprint density at radius 3 is 3.00 bits per heavy atom. The number of benzene rings is 1. The predicted molar refractivity (Wildman–Crippen MR) is 79.5 cm³/mol. The first kappa shape index (κ1) is 12.5. The predicted octanol–water partition coefficient (Wildman–Crippen LogP) is 3.44. The molecule has 19 heavy (non-hydrogen) atoms. The molecule has 1 heterocycles. The van der Waals surface area contributed by atoms with Gasteiger partial charge in [-0.3, -0.25) is 0 Å². The Labute approximate surface area is 115 Å². The maximum atomic E-state index is 3.43. The highest BCUT2D eigenvalue weighted by molar-refractivity contribution is 5.31. The number of aryl methyl sites for hydroxylation is 2. The van der Waals surface area contributed by atoms with Crippen LogP contribution in [0.1, 0.15) is 41.1 Å². The quantitative estimate of drug-likeness (QED) is 0.888. The van der Waals surface area contributed by atoms with Crippen molar-refractivity contribution in [2.75, 3.05) is 7.05 Å². The molecule has 0 saturated heterocycles. The van der Waals surface area contributed by atoms with Gasteiger partial charge in [-0.15, -0.1) is 0 Å². The van der Waals surface area contributed by atoms with Crippen LogP contribution in [0.5, 0.6) is 0 Å². The van der Waals surface area contributed by atoms with E-state index in [1.165, 1.54) is 41.5 Å². The monoisotopic (exact) mass is 254 g/mol. The van der Waals surface area contributed by atoms with Gasteiger partial charge < -0.3 is 9.88 Å². The molecular formula is C17H22N2. The Hall–Kier alpha value is -1.54. The molecule has 1 N–H and O–H groups in total. The van der Waals surface area contributed by atoms with Crippen LogP contribution in [0, 0.1) is 6.92 Å². The second-order valence-electron chi connectivity index (χ2n) is 5.63. The fraction of sp³-hybridized carbons (Fsp3) is 0.412. The summed E-state index contributed by atoms with van der Waals surface area (Å²) in [5.41, 5.74) is 5.75. The zero-order valence-electron chi connectivity index (χ0n) is 11.8. The SMILES string of the molecule is CNC1CCCc2cn(Cc3cccc(C)c3)cc21. The van der Waals surface area contributed by atoms with Gasteiger partial charge in [-0.05, 0) is 49.9 Å². The van der Waals surface area contributed by atoms with Gasteiger partial charge in [0.15, 0.2) is 0 Å². The molecule has 1 aliphatic carbocycles. The highest BCUT2D eigenvalue weighted by Gasteiger charge is 2.20. The standard InChI is InChI=1S/C17H22N2/c1-13-5-3-6-14(9-13)10-19-11-15-7-4-8-17(18-2)16(15)12-19/h3,5-6,9,11-12,17-18H,4,7-8,10H2,1-2H3. The lowest BCUT2D eigenvalue weighted by atomic mass is 9.91. The van der Waals surface area contributed by atoms with Crippen molar-refractivity contribution in [2.24, 2.45) is 0 Å². The normalized spacial score (nSPS) is 18.3. The maximum Gasteiger partial charge on any atom is 0.0470 e. The van der Waals surface area contributed by atoms with Gasteiger partial charge in [0.25, 0.3) is 0 Å². The van der Waals surface area contributed by atoms with E-state index in [-0.39, 0.29) is 0 Å². The minimum atomic E-state index is 0.544. The molecule has 0 fully saturated rings. The first-order valence-corrected chi connectivity index (χ1v) is 7.17. The van der Waals surface area contributed by atoms with Crippen LogP contribution in [-0.4, -0.2) is 11.6 Å². The molecular weight excluding hydrogens is 232 g/mol. The molecule has 2 aromatic rings. The molecule has 1 aromatic carbocycles. The maximum absolute atomic E-state index is 3.43. The molecule has 1 aromatic heterocycles. The summed E-state index contributed by atoms with van der Waals surface area (Å²) in [4.78, 5) is 0. The third-order valence-electron chi connectivity index (χ3n) is 4.11. The smallest absolute Gasteiger partial charge is 0.0470 e. The second kappa shape index (κ2) is 5.22. The summed E-state index contributed by atoms with van der Waals surface area (Å²) in [5.74, 6) is 0. The lowest BCUT2D eigenvalue weighted by Gasteiger charge is -2.21. The van der Waals surface area contributed by atoms with E-state index in [2.05, 4.69) is 60.5 Å². The number of nitrogens with one attached hydrogen (secondary N) is 1. The van der Waals surface area contributed by atoms with E-state index in [0.717, 1.165) is 6.54 Å². The number of hydrogen-bond acceptors (Lipinski definition) is 1. The molecule has 0 amide bonds. The van der Waals surface area contributed by atoms with Gasteiger partial charge >= 0.3 is 0 Å². The van der Waals surface area contributed by atoms with Crippen molar-refractivity contribution in [1.29, 1.82) is 0 Å². The van der Waals surface area contributed by atoms with E-state index in [1.54, 1.807) is 0 Å². The Morgan fingerprint density at radius 2 is 2.21 bits per heavy atom. The molecule has 3 rings (SSSR count). The van der Waals surface area contributed by atoms with E-state index in [9.17, 15) is 0 Å². The van der Waals surface area contributed by atoms with Crippen molar-refractivity contribution in [2.45, 2.75) is 38.8 Å². The molecule has 0 saturated carbocycles. The van der Waals surface area contributed by atoms with Gasteiger partial charge in [-0.2, -0.15) is 0 Å². The summed E-state index contributed by atoms with van der Waals surface area (Å²) < 4.78 is 2.34. The molecule has 1 atom stereocenters. The van der Waals surface area contributed by atoms with Crippen LogP contribution in [0.2, 0.25) is 0 Å². The average molecular weight is 254 g/mol. The van der Waals surface area contributed by atoms with E-state index in [4.69, 9.17) is 0 Å². The van der Waals surface area contributed by atoms with Crippen molar-refractivity contribution >= 4 is 0 Å². The van der Waals surface area contributed by atoms with E-state index in [0.29, 0.717) is 6.04 Å². The van der Waals surface area contributed by atoms with Crippen LogP contribution in [0.4, 0.5) is 0 Å². The number of aromatic nitrogens is 1. The highest BCUT2D eigenvalue weighted by Crippen LogP contribution is 2.30. The summed E-state index contributed by atoms with van der Waals surface area (Å²) >= 11 is 0. The molecule has 0 bridgehead atoms. The fourth-order valence-electron chi connectivity index (χ4n) is 3.16. The number of fused-ring (bicyclic) bond motifs is 1. The van der Waals surface area contributed by atoms with Crippen molar-refractivity contribution in [3.63, 3.8) is 0 Å². The largest absolute Gasteiger partial charge is 0.349 e. The summed E-state index contributed by atoms with van der Waals surface area (Å²) in [6, 6.07) is 9.32. The van der Waals surface area contributed by atoms with Crippen molar-refractivity contribution in [1.82, 2.24) is 9.88 Å². The topological polar surface area (TPSA) is 17.0 Å². The minimum absolute atomic E-state index is 0.544. The van der Waals surface area contributed by atoms with Gasteiger partial charge in [0.1, 0.15) is 0 Å². The van der Waals surface area contributed by atoms with Crippen LogP contribution >= 0.6 is 0 Å². The van der Waals surface area contributed by atoms with E-state index in [1.807, 2.05) is 0 Å². The second-order valence-corrected chi connectivity index (χ2v) is 5.63. The average Bonchev–Trinajstić information content (AvgIpc) is 2.80. The molecule has 100 valence electrons. The summed E-state index contributed by atoms with van der Waals surface area (Å²) in [5, 5.41) is 3.43. The molecule has 2 nitrogen and oxygen atoms in total. The third-order valence-corrected chi connectivity index (χ3v) is 4.11. The van der Waals surface area contributed by atoms with Crippen LogP contribution in [-0.2, 0) is 13.0 Å². The molecule has 0 aliphatic heterocycles. The number of hydrogen-bond donors (Lipinski definition) is 1. The Morgan fingerprint density at radius 1 is 1.32 bits per heavy atom. The van der Waals surface area contributed by atoms with Crippen LogP contribution in [0.15, 0.2) is 36.7 Å². The lowest BCUT2D eigenvalue weighted by molar-refractivity contribution is 0.498. The minimum Gasteiger partial charge on any atom is -0.349 e. The molecule has 1 aliphatic rings. The molecule has 0 spiro atoms. The van der Waals surface area contributed by atoms with Crippen LogP contribution < -0.4 is 5.32 Å². The van der Waals surface area contributed by atoms with E-state index < -0.39 is 0 Å². The van der Waals surface area contributed by atoms with Gasteiger partial charge in [-0.25, -0.2) is 0 Å². The lowest BCUT2D eigenvalue weighted by Crippen LogP contribution is -2.20. The zero-order chi connectivity index (χ0) is 13.2. The van der Waals surface area contributed by atoms with Crippen molar-refractivity contribution in [3.8, 4) is 0 Å². The molecule has 2 heteroatoms. The van der Waals surface area contributed by atoms with Gasteiger partial charge in [0.2, 0.25) is 0 Å². The van der Waals surface area contributed by atoms with Gasteiger partial charge in [-0.1, -0.05) is 29.8 Å². The number of rotatable bonds is 3. The summed E-state index contributed by atoms with van der Waals surface area (Å²) in [6.45, 7) is 3.13. The molecule has 1 unspecified atom stereocenters. The van der Waals surface area contributed by atoms with Gasteiger partial charge in [0.05, 0.1) is 0 Å². The van der Waals surface area contributed by atoms with Crippen molar-refractivity contribution in [3.05, 3.63) is 58.9 Å². The summed E-state index contributed by atoms with van der Waals surface area (Å²) in [6.07, 6.45) is 8.46. The molecule has 0 radical (unpaired) electrons. The fourth-order valence-corrected chi connectivity index (χ4v) is 3.16. The third kappa shape index (κ3) is 2.59.